The Morgan fingerprint density at radius 1 is 1.31 bits per heavy atom. The van der Waals surface area contributed by atoms with E-state index in [0.717, 1.165) is 0 Å². The third kappa shape index (κ3) is 3.35. The molecule has 0 radical (unpaired) electrons. The fourth-order valence-corrected chi connectivity index (χ4v) is 3.72. The third-order valence-corrected chi connectivity index (χ3v) is 5.14. The maximum Gasteiger partial charge on any atom is 0.252 e. The lowest BCUT2D eigenvalue weighted by molar-refractivity contribution is -0.122. The van der Waals surface area contributed by atoms with Crippen LogP contribution >= 0.6 is 0 Å². The monoisotopic (exact) mass is 391 g/mol. The van der Waals surface area contributed by atoms with E-state index >= 15 is 0 Å². The van der Waals surface area contributed by atoms with Gasteiger partial charge in [0.25, 0.3) is 5.91 Å². The van der Waals surface area contributed by atoms with Gasteiger partial charge in [-0.15, -0.1) is 6.58 Å². The summed E-state index contributed by atoms with van der Waals surface area (Å²) in [5, 5.41) is 2.95. The van der Waals surface area contributed by atoms with Crippen molar-refractivity contribution in [3.8, 4) is 5.75 Å². The summed E-state index contributed by atoms with van der Waals surface area (Å²) >= 11 is 0. The summed E-state index contributed by atoms with van der Waals surface area (Å²) in [6, 6.07) is 14.1. The Labute approximate surface area is 168 Å². The number of nitrogens with zero attached hydrogens (tertiary/aromatic N) is 1. The Kier molecular flexibility index (Phi) is 4.80. The predicted octanol–water partition coefficient (Wildman–Crippen LogP) is 3.20. The van der Waals surface area contributed by atoms with Gasteiger partial charge in [-0.1, -0.05) is 30.3 Å². The lowest BCUT2D eigenvalue weighted by atomic mass is 9.80. The zero-order valence-electron chi connectivity index (χ0n) is 15.8. The number of para-hydroxylation sites is 3. The highest BCUT2D eigenvalue weighted by atomic mass is 16.5. The van der Waals surface area contributed by atoms with Gasteiger partial charge in [0.2, 0.25) is 11.8 Å². The Hall–Kier alpha value is -3.61. The van der Waals surface area contributed by atoms with E-state index in [1.54, 1.807) is 36.4 Å². The number of nitrogens with one attached hydrogen (secondary N) is 1. The minimum Gasteiger partial charge on any atom is -0.489 e. The van der Waals surface area contributed by atoms with Crippen molar-refractivity contribution in [3.05, 3.63) is 66.7 Å². The SMILES string of the molecule is C=CC[C@@]12C[C@@H](COc3ccccc3C(N)=O)OC1=Nc1ccccc1NC2=O. The fourth-order valence-electron chi connectivity index (χ4n) is 3.72. The molecule has 0 unspecified atom stereocenters. The van der Waals surface area contributed by atoms with Gasteiger partial charge in [0.1, 0.15) is 23.9 Å². The van der Waals surface area contributed by atoms with Crippen LogP contribution in [0.5, 0.6) is 5.75 Å². The summed E-state index contributed by atoms with van der Waals surface area (Å²) < 4.78 is 11.9. The van der Waals surface area contributed by atoms with Crippen LogP contribution in [0, 0.1) is 5.41 Å². The van der Waals surface area contributed by atoms with Crippen molar-refractivity contribution in [2.45, 2.75) is 18.9 Å². The largest absolute Gasteiger partial charge is 0.489 e. The number of hydrogen-bond donors (Lipinski definition) is 2. The van der Waals surface area contributed by atoms with E-state index in [0.29, 0.717) is 41.4 Å². The lowest BCUT2D eigenvalue weighted by Gasteiger charge is -2.22. The second kappa shape index (κ2) is 7.43. The number of ether oxygens (including phenoxy) is 2. The van der Waals surface area contributed by atoms with Crippen LogP contribution < -0.4 is 15.8 Å². The zero-order valence-corrected chi connectivity index (χ0v) is 15.8. The number of amides is 2. The quantitative estimate of drug-likeness (QED) is 0.738. The third-order valence-electron chi connectivity index (χ3n) is 5.14. The van der Waals surface area contributed by atoms with Crippen molar-refractivity contribution in [1.29, 1.82) is 0 Å². The molecular formula is C22H21N3O4. The highest BCUT2D eigenvalue weighted by Gasteiger charge is 2.53. The zero-order chi connectivity index (χ0) is 20.4. The molecule has 2 atom stereocenters. The first-order chi connectivity index (χ1) is 14.0. The molecule has 29 heavy (non-hydrogen) atoms. The Morgan fingerprint density at radius 3 is 2.86 bits per heavy atom. The molecule has 0 aliphatic carbocycles. The topological polar surface area (TPSA) is 103 Å². The normalized spacial score (nSPS) is 22.3. The smallest absolute Gasteiger partial charge is 0.252 e. The minimum absolute atomic E-state index is 0.150. The van der Waals surface area contributed by atoms with Gasteiger partial charge in [0.15, 0.2) is 0 Å². The number of primary amides is 1. The molecule has 0 saturated carbocycles. The molecule has 1 fully saturated rings. The number of anilines is 1. The fraction of sp³-hybridized carbons (Fsp3) is 0.227. The van der Waals surface area contributed by atoms with Crippen molar-refractivity contribution < 1.29 is 19.1 Å². The highest BCUT2D eigenvalue weighted by molar-refractivity contribution is 6.15. The van der Waals surface area contributed by atoms with Gasteiger partial charge in [-0.05, 0) is 30.7 Å². The standard InChI is InChI=1S/C22H21N3O4/c1-2-11-22-12-14(13-28-18-10-6-3-7-15(18)19(23)26)29-21(22)25-17-9-5-4-8-16(17)24-20(22)27/h2-10,14H,1,11-13H2,(H2,23,26)(H,24,27)/t14-,22-/m0/s1. The predicted molar refractivity (Wildman–Crippen MR) is 109 cm³/mol. The van der Waals surface area contributed by atoms with Gasteiger partial charge < -0.3 is 20.5 Å². The molecule has 3 N–H and O–H groups in total. The van der Waals surface area contributed by atoms with Crippen LogP contribution in [-0.4, -0.2) is 30.4 Å². The summed E-state index contributed by atoms with van der Waals surface area (Å²) in [7, 11) is 0. The van der Waals surface area contributed by atoms with Crippen molar-refractivity contribution in [3.63, 3.8) is 0 Å². The van der Waals surface area contributed by atoms with Crippen LogP contribution in [0.3, 0.4) is 0 Å². The summed E-state index contributed by atoms with van der Waals surface area (Å²) in [6.45, 7) is 3.95. The molecule has 2 aromatic carbocycles. The summed E-state index contributed by atoms with van der Waals surface area (Å²) in [5.74, 6) is -0.00967. The van der Waals surface area contributed by atoms with E-state index < -0.39 is 17.4 Å². The molecule has 0 aromatic heterocycles. The number of carbonyl (C=O) groups excluding carboxylic acids is 2. The van der Waals surface area contributed by atoms with E-state index in [1.165, 1.54) is 0 Å². The average Bonchev–Trinajstić information content (AvgIpc) is 3.01. The van der Waals surface area contributed by atoms with Crippen molar-refractivity contribution >= 4 is 29.1 Å². The van der Waals surface area contributed by atoms with E-state index in [2.05, 4.69) is 16.9 Å². The molecule has 0 spiro atoms. The van der Waals surface area contributed by atoms with Crippen molar-refractivity contribution in [2.75, 3.05) is 11.9 Å². The molecule has 7 heteroatoms. The Bertz CT molecular complexity index is 1020. The van der Waals surface area contributed by atoms with Crippen molar-refractivity contribution in [1.82, 2.24) is 0 Å². The Balaban J connectivity index is 1.61. The first-order valence-corrected chi connectivity index (χ1v) is 9.32. The number of rotatable bonds is 6. The molecule has 2 aromatic rings. The van der Waals surface area contributed by atoms with Crippen LogP contribution in [0.2, 0.25) is 0 Å². The number of hydrogen-bond acceptors (Lipinski definition) is 5. The van der Waals surface area contributed by atoms with Gasteiger partial charge in [-0.3, -0.25) is 9.59 Å². The lowest BCUT2D eigenvalue weighted by Crippen LogP contribution is -2.39. The van der Waals surface area contributed by atoms with Crippen molar-refractivity contribution in [2.24, 2.45) is 16.1 Å². The van der Waals surface area contributed by atoms with E-state index in [-0.39, 0.29) is 12.5 Å². The first kappa shape index (κ1) is 18.7. The highest BCUT2D eigenvalue weighted by Crippen LogP contribution is 2.44. The number of nitrogens with two attached hydrogens (primary N) is 1. The van der Waals surface area contributed by atoms with Gasteiger partial charge in [-0.25, -0.2) is 4.99 Å². The van der Waals surface area contributed by atoms with Gasteiger partial charge in [0.05, 0.1) is 16.9 Å². The second-order valence-corrected chi connectivity index (χ2v) is 7.08. The number of carbonyl (C=O) groups is 2. The van der Waals surface area contributed by atoms with Gasteiger partial charge in [0, 0.05) is 6.42 Å². The summed E-state index contributed by atoms with van der Waals surface area (Å²) in [5.41, 5.74) is 6.04. The Morgan fingerprint density at radius 2 is 2.07 bits per heavy atom. The van der Waals surface area contributed by atoms with Crippen LogP contribution in [0.1, 0.15) is 23.2 Å². The van der Waals surface area contributed by atoms with Gasteiger partial charge >= 0.3 is 0 Å². The van der Waals surface area contributed by atoms with E-state index in [4.69, 9.17) is 15.2 Å². The summed E-state index contributed by atoms with van der Waals surface area (Å²) in [6.07, 6.45) is 2.06. The van der Waals surface area contributed by atoms with E-state index in [1.807, 2.05) is 18.2 Å². The number of allylic oxidation sites excluding steroid dienone is 1. The minimum atomic E-state index is -0.946. The molecule has 4 rings (SSSR count). The number of fused-ring (bicyclic) bond motifs is 2. The molecule has 2 aliphatic heterocycles. The maximum atomic E-state index is 13.1. The second-order valence-electron chi connectivity index (χ2n) is 7.08. The van der Waals surface area contributed by atoms with Crippen LogP contribution in [0.4, 0.5) is 11.4 Å². The average molecular weight is 391 g/mol. The molecule has 7 nitrogen and oxygen atoms in total. The first-order valence-electron chi connectivity index (χ1n) is 9.32. The van der Waals surface area contributed by atoms with E-state index in [9.17, 15) is 9.59 Å². The number of aliphatic imine (C=N–C) groups is 1. The summed E-state index contributed by atoms with van der Waals surface area (Å²) in [4.78, 5) is 29.3. The molecule has 2 amide bonds. The number of benzene rings is 2. The molecule has 0 bridgehead atoms. The molecular weight excluding hydrogens is 370 g/mol. The molecule has 148 valence electrons. The molecule has 1 saturated heterocycles. The molecule has 2 heterocycles. The maximum absolute atomic E-state index is 13.1. The molecule has 2 aliphatic rings. The van der Waals surface area contributed by atoms with Crippen LogP contribution in [-0.2, 0) is 9.53 Å². The van der Waals surface area contributed by atoms with Crippen LogP contribution in [0.25, 0.3) is 0 Å². The van der Waals surface area contributed by atoms with Gasteiger partial charge in [-0.2, -0.15) is 0 Å². The van der Waals surface area contributed by atoms with Crippen LogP contribution in [0.15, 0.2) is 66.2 Å².